The molecule has 0 radical (unpaired) electrons. The van der Waals surface area contributed by atoms with E-state index in [-0.39, 0.29) is 5.91 Å². The van der Waals surface area contributed by atoms with Crippen molar-refractivity contribution in [1.82, 2.24) is 4.90 Å². The molecular weight excluding hydrogens is 186 g/mol. The minimum absolute atomic E-state index is 0.150. The van der Waals surface area contributed by atoms with Crippen LogP contribution in [0.3, 0.4) is 0 Å². The van der Waals surface area contributed by atoms with Gasteiger partial charge in [-0.2, -0.15) is 0 Å². The summed E-state index contributed by atoms with van der Waals surface area (Å²) >= 11 is 0. The molecule has 0 saturated heterocycles. The maximum atomic E-state index is 11.9. The van der Waals surface area contributed by atoms with E-state index < -0.39 is 0 Å². The summed E-state index contributed by atoms with van der Waals surface area (Å²) in [5.41, 5.74) is 1.07. The Morgan fingerprint density at radius 3 is 1.73 bits per heavy atom. The second-order valence-electron chi connectivity index (χ2n) is 5.25. The van der Waals surface area contributed by atoms with Gasteiger partial charge < -0.3 is 4.90 Å². The van der Waals surface area contributed by atoms with Crippen molar-refractivity contribution in [3.05, 3.63) is 11.6 Å². The SMILES string of the molecule is CC(C)=CC(=O)N(CC(C)C)CC(C)C. The summed E-state index contributed by atoms with van der Waals surface area (Å²) in [6, 6.07) is 0. The van der Waals surface area contributed by atoms with Crippen molar-refractivity contribution in [1.29, 1.82) is 0 Å². The molecule has 0 unspecified atom stereocenters. The molecule has 0 aromatic heterocycles. The molecule has 0 rings (SSSR count). The average Bonchev–Trinajstić information content (AvgIpc) is 1.99. The summed E-state index contributed by atoms with van der Waals surface area (Å²) in [6.07, 6.45) is 1.73. The van der Waals surface area contributed by atoms with Crippen LogP contribution in [-0.2, 0) is 4.79 Å². The quantitative estimate of drug-likeness (QED) is 0.640. The third kappa shape index (κ3) is 7.18. The van der Waals surface area contributed by atoms with Crippen molar-refractivity contribution in [2.24, 2.45) is 11.8 Å². The first kappa shape index (κ1) is 14.2. The summed E-state index contributed by atoms with van der Waals surface area (Å²) < 4.78 is 0. The Morgan fingerprint density at radius 1 is 1.07 bits per heavy atom. The Hall–Kier alpha value is -0.790. The minimum Gasteiger partial charge on any atom is -0.339 e. The van der Waals surface area contributed by atoms with E-state index in [1.807, 2.05) is 18.7 Å². The van der Waals surface area contributed by atoms with Gasteiger partial charge in [-0.1, -0.05) is 33.3 Å². The lowest BCUT2D eigenvalue weighted by Crippen LogP contribution is -2.36. The minimum atomic E-state index is 0.150. The van der Waals surface area contributed by atoms with Crippen molar-refractivity contribution in [2.45, 2.75) is 41.5 Å². The molecule has 0 heterocycles. The van der Waals surface area contributed by atoms with Crippen LogP contribution in [0.25, 0.3) is 0 Å². The van der Waals surface area contributed by atoms with Gasteiger partial charge in [0.2, 0.25) is 5.91 Å². The first-order chi connectivity index (χ1) is 6.82. The van der Waals surface area contributed by atoms with Gasteiger partial charge in [-0.25, -0.2) is 0 Å². The zero-order chi connectivity index (χ0) is 12.0. The fourth-order valence-electron chi connectivity index (χ4n) is 1.47. The van der Waals surface area contributed by atoms with Crippen LogP contribution in [0.1, 0.15) is 41.5 Å². The Kier molecular flexibility index (Phi) is 6.30. The fourth-order valence-corrected chi connectivity index (χ4v) is 1.47. The van der Waals surface area contributed by atoms with Gasteiger partial charge in [0.15, 0.2) is 0 Å². The lowest BCUT2D eigenvalue weighted by Gasteiger charge is -2.25. The smallest absolute Gasteiger partial charge is 0.246 e. The van der Waals surface area contributed by atoms with Gasteiger partial charge in [0.25, 0.3) is 0 Å². The van der Waals surface area contributed by atoms with E-state index in [4.69, 9.17) is 0 Å². The van der Waals surface area contributed by atoms with Crippen molar-refractivity contribution < 1.29 is 4.79 Å². The summed E-state index contributed by atoms with van der Waals surface area (Å²) in [5, 5.41) is 0. The van der Waals surface area contributed by atoms with E-state index in [2.05, 4.69) is 27.7 Å². The molecule has 1 amide bonds. The first-order valence-corrected chi connectivity index (χ1v) is 5.76. The fraction of sp³-hybridized carbons (Fsp3) is 0.769. The predicted molar refractivity (Wildman–Crippen MR) is 65.7 cm³/mol. The number of rotatable bonds is 5. The number of allylic oxidation sites excluding steroid dienone is 1. The number of amides is 1. The number of hydrogen-bond acceptors (Lipinski definition) is 1. The summed E-state index contributed by atoms with van der Waals surface area (Å²) in [6.45, 7) is 14.2. The third-order valence-electron chi connectivity index (χ3n) is 1.89. The molecular formula is C13H25NO. The van der Waals surface area contributed by atoms with Crippen LogP contribution < -0.4 is 0 Å². The van der Waals surface area contributed by atoms with Gasteiger partial charge >= 0.3 is 0 Å². The van der Waals surface area contributed by atoms with E-state index in [0.717, 1.165) is 18.7 Å². The normalized spacial score (nSPS) is 10.7. The molecule has 0 aliphatic heterocycles. The molecule has 2 heteroatoms. The highest BCUT2D eigenvalue weighted by Crippen LogP contribution is 2.06. The van der Waals surface area contributed by atoms with Gasteiger partial charge in [0, 0.05) is 19.2 Å². The van der Waals surface area contributed by atoms with Gasteiger partial charge in [-0.15, -0.1) is 0 Å². The van der Waals surface area contributed by atoms with Crippen LogP contribution in [0.5, 0.6) is 0 Å². The molecule has 0 atom stereocenters. The Bertz CT molecular complexity index is 215. The topological polar surface area (TPSA) is 20.3 Å². The van der Waals surface area contributed by atoms with Gasteiger partial charge in [-0.3, -0.25) is 4.79 Å². The second-order valence-corrected chi connectivity index (χ2v) is 5.25. The zero-order valence-corrected chi connectivity index (χ0v) is 11.0. The summed E-state index contributed by atoms with van der Waals surface area (Å²) in [5.74, 6) is 1.20. The molecule has 0 bridgehead atoms. The highest BCUT2D eigenvalue weighted by atomic mass is 16.2. The van der Waals surface area contributed by atoms with E-state index in [1.165, 1.54) is 0 Å². The molecule has 0 N–H and O–H groups in total. The largest absolute Gasteiger partial charge is 0.339 e. The maximum absolute atomic E-state index is 11.9. The number of carbonyl (C=O) groups excluding carboxylic acids is 1. The van der Waals surface area contributed by atoms with Crippen molar-refractivity contribution >= 4 is 5.91 Å². The molecule has 0 spiro atoms. The Balaban J connectivity index is 4.47. The third-order valence-corrected chi connectivity index (χ3v) is 1.89. The molecule has 0 aromatic rings. The molecule has 0 aromatic carbocycles. The molecule has 2 nitrogen and oxygen atoms in total. The van der Waals surface area contributed by atoms with Crippen LogP contribution in [0, 0.1) is 11.8 Å². The lowest BCUT2D eigenvalue weighted by atomic mass is 10.1. The Labute approximate surface area is 94.4 Å². The van der Waals surface area contributed by atoms with Crippen LogP contribution in [0.4, 0.5) is 0 Å². The number of nitrogens with zero attached hydrogens (tertiary/aromatic N) is 1. The molecule has 15 heavy (non-hydrogen) atoms. The van der Waals surface area contributed by atoms with Gasteiger partial charge in [0.05, 0.1) is 0 Å². The summed E-state index contributed by atoms with van der Waals surface area (Å²) in [7, 11) is 0. The van der Waals surface area contributed by atoms with Crippen LogP contribution in [-0.4, -0.2) is 23.9 Å². The monoisotopic (exact) mass is 211 g/mol. The summed E-state index contributed by atoms with van der Waals surface area (Å²) in [4.78, 5) is 13.8. The molecule has 0 saturated carbocycles. The first-order valence-electron chi connectivity index (χ1n) is 5.76. The van der Waals surface area contributed by atoms with Crippen molar-refractivity contribution in [2.75, 3.05) is 13.1 Å². The highest BCUT2D eigenvalue weighted by molar-refractivity contribution is 5.88. The van der Waals surface area contributed by atoms with Crippen molar-refractivity contribution in [3.8, 4) is 0 Å². The molecule has 88 valence electrons. The Morgan fingerprint density at radius 2 is 1.47 bits per heavy atom. The zero-order valence-electron chi connectivity index (χ0n) is 11.0. The average molecular weight is 211 g/mol. The van der Waals surface area contributed by atoms with E-state index in [0.29, 0.717) is 11.8 Å². The van der Waals surface area contributed by atoms with Crippen LogP contribution >= 0.6 is 0 Å². The molecule has 0 aliphatic carbocycles. The maximum Gasteiger partial charge on any atom is 0.246 e. The molecule has 0 fully saturated rings. The van der Waals surface area contributed by atoms with Gasteiger partial charge in [-0.05, 0) is 25.7 Å². The van der Waals surface area contributed by atoms with Crippen LogP contribution in [0.2, 0.25) is 0 Å². The van der Waals surface area contributed by atoms with Gasteiger partial charge in [0.1, 0.15) is 0 Å². The van der Waals surface area contributed by atoms with Crippen molar-refractivity contribution in [3.63, 3.8) is 0 Å². The second kappa shape index (κ2) is 6.65. The molecule has 0 aliphatic rings. The van der Waals surface area contributed by atoms with E-state index >= 15 is 0 Å². The lowest BCUT2D eigenvalue weighted by molar-refractivity contribution is -0.127. The standard InChI is InChI=1S/C13H25NO/c1-10(2)7-13(15)14(8-11(3)4)9-12(5)6/h7,11-12H,8-9H2,1-6H3. The number of carbonyl (C=O) groups is 1. The van der Waals surface area contributed by atoms with E-state index in [9.17, 15) is 4.79 Å². The number of hydrogen-bond donors (Lipinski definition) is 0. The van der Waals surface area contributed by atoms with Crippen LogP contribution in [0.15, 0.2) is 11.6 Å². The highest BCUT2D eigenvalue weighted by Gasteiger charge is 2.13. The van der Waals surface area contributed by atoms with E-state index in [1.54, 1.807) is 6.08 Å². The predicted octanol–water partition coefficient (Wildman–Crippen LogP) is 3.09.